The van der Waals surface area contributed by atoms with Crippen LogP contribution in [0.5, 0.6) is 0 Å². The Bertz CT molecular complexity index is 1420. The number of hydrogen-bond donors (Lipinski definition) is 1. The third-order valence-electron chi connectivity index (χ3n) is 4.65. The monoisotopic (exact) mass is 414 g/mol. The predicted molar refractivity (Wildman–Crippen MR) is 117 cm³/mol. The minimum Gasteiger partial charge on any atom is -0.505 e. The molecule has 0 atom stereocenters. The van der Waals surface area contributed by atoms with Gasteiger partial charge in [0, 0.05) is 17.3 Å². The van der Waals surface area contributed by atoms with Crippen molar-refractivity contribution in [3.63, 3.8) is 0 Å². The summed E-state index contributed by atoms with van der Waals surface area (Å²) in [6.45, 7) is 1.88. The maximum Gasteiger partial charge on any atom is 0.266 e. The van der Waals surface area contributed by atoms with Gasteiger partial charge >= 0.3 is 0 Å². The summed E-state index contributed by atoms with van der Waals surface area (Å²) in [6.07, 6.45) is 2.82. The van der Waals surface area contributed by atoms with Crippen LogP contribution >= 0.6 is 11.6 Å². The van der Waals surface area contributed by atoms with Gasteiger partial charge in [-0.05, 0) is 48.9 Å². The standard InChI is InChI=1S/C23H15ClN4O2/c1-14-5-2-3-7-19(14)28-21(12-20(29)22-15(13-25)6-4-10-26-22)27-18-9-8-16(24)11-17(18)23(28)30/h2-12,29H,1H3/b20-12-. The van der Waals surface area contributed by atoms with E-state index in [9.17, 15) is 15.2 Å². The first-order chi connectivity index (χ1) is 14.5. The fourth-order valence-electron chi connectivity index (χ4n) is 3.21. The first-order valence-electron chi connectivity index (χ1n) is 9.04. The number of aliphatic hydroxyl groups is 1. The zero-order valence-corrected chi connectivity index (χ0v) is 16.6. The molecule has 0 aliphatic rings. The number of rotatable bonds is 3. The highest BCUT2D eigenvalue weighted by molar-refractivity contribution is 6.31. The topological polar surface area (TPSA) is 91.8 Å². The lowest BCUT2D eigenvalue weighted by Crippen LogP contribution is -2.23. The van der Waals surface area contributed by atoms with Gasteiger partial charge in [-0.3, -0.25) is 14.3 Å². The summed E-state index contributed by atoms with van der Waals surface area (Å²) in [4.78, 5) is 22.0. The van der Waals surface area contributed by atoms with Crippen LogP contribution in [0.3, 0.4) is 0 Å². The molecule has 146 valence electrons. The SMILES string of the molecule is Cc1ccccc1-n1c(/C=C(\O)c2ncccc2C#N)nc2ccc(Cl)cc2c1=O. The van der Waals surface area contributed by atoms with Crippen molar-refractivity contribution in [3.8, 4) is 11.8 Å². The largest absolute Gasteiger partial charge is 0.505 e. The molecule has 0 bridgehead atoms. The molecule has 1 N–H and O–H groups in total. The predicted octanol–water partition coefficient (Wildman–Crippen LogP) is 4.67. The Morgan fingerprint density at radius 2 is 2.00 bits per heavy atom. The van der Waals surface area contributed by atoms with Gasteiger partial charge in [0.25, 0.3) is 5.56 Å². The van der Waals surface area contributed by atoms with E-state index >= 15 is 0 Å². The summed E-state index contributed by atoms with van der Waals surface area (Å²) in [5.74, 6) is -0.0640. The molecule has 0 amide bonds. The van der Waals surface area contributed by atoms with Crippen LogP contribution in [0.1, 0.15) is 22.6 Å². The number of halogens is 1. The number of aromatic nitrogens is 3. The molecule has 4 aromatic rings. The molecule has 0 saturated carbocycles. The number of fused-ring (bicyclic) bond motifs is 1. The third-order valence-corrected chi connectivity index (χ3v) is 4.88. The molecule has 30 heavy (non-hydrogen) atoms. The van der Waals surface area contributed by atoms with E-state index in [1.54, 1.807) is 36.4 Å². The summed E-state index contributed by atoms with van der Waals surface area (Å²) >= 11 is 6.09. The lowest BCUT2D eigenvalue weighted by atomic mass is 10.1. The van der Waals surface area contributed by atoms with Gasteiger partial charge < -0.3 is 5.11 Å². The van der Waals surface area contributed by atoms with Crippen molar-refractivity contribution in [2.24, 2.45) is 0 Å². The Morgan fingerprint density at radius 3 is 2.77 bits per heavy atom. The second-order valence-electron chi connectivity index (χ2n) is 6.60. The Hall–Kier alpha value is -3.95. The van der Waals surface area contributed by atoms with Gasteiger partial charge in [-0.25, -0.2) is 4.98 Å². The van der Waals surface area contributed by atoms with Crippen molar-refractivity contribution in [1.29, 1.82) is 5.26 Å². The number of aliphatic hydroxyl groups excluding tert-OH is 1. The maximum absolute atomic E-state index is 13.4. The van der Waals surface area contributed by atoms with E-state index in [-0.39, 0.29) is 28.4 Å². The number of benzene rings is 2. The fraction of sp³-hybridized carbons (Fsp3) is 0.0435. The second-order valence-corrected chi connectivity index (χ2v) is 7.04. The molecule has 2 heterocycles. The Balaban J connectivity index is 2.05. The van der Waals surface area contributed by atoms with Crippen molar-refractivity contribution in [2.45, 2.75) is 6.92 Å². The van der Waals surface area contributed by atoms with Crippen molar-refractivity contribution >= 4 is 34.3 Å². The summed E-state index contributed by atoms with van der Waals surface area (Å²) < 4.78 is 1.42. The molecular weight excluding hydrogens is 400 g/mol. The molecule has 2 aromatic carbocycles. The Labute approximate surface area is 177 Å². The molecule has 0 unspecified atom stereocenters. The van der Waals surface area contributed by atoms with Crippen molar-refractivity contribution < 1.29 is 5.11 Å². The van der Waals surface area contributed by atoms with Crippen LogP contribution in [0.25, 0.3) is 28.4 Å². The molecule has 0 fully saturated rings. The van der Waals surface area contributed by atoms with Gasteiger partial charge in [0.2, 0.25) is 0 Å². The number of nitriles is 1. The number of hydrogen-bond acceptors (Lipinski definition) is 5. The van der Waals surface area contributed by atoms with Crippen LogP contribution in [-0.4, -0.2) is 19.6 Å². The summed E-state index contributed by atoms with van der Waals surface area (Å²) in [5, 5.41) is 20.8. The van der Waals surface area contributed by atoms with Crippen molar-refractivity contribution in [1.82, 2.24) is 14.5 Å². The van der Waals surface area contributed by atoms with Crippen LogP contribution in [0, 0.1) is 18.3 Å². The highest BCUT2D eigenvalue weighted by Gasteiger charge is 2.16. The number of aryl methyl sites for hydroxylation is 1. The Morgan fingerprint density at radius 1 is 1.20 bits per heavy atom. The summed E-state index contributed by atoms with van der Waals surface area (Å²) in [5.41, 5.74) is 1.92. The first-order valence-corrected chi connectivity index (χ1v) is 9.42. The van der Waals surface area contributed by atoms with Crippen molar-refractivity contribution in [2.75, 3.05) is 0 Å². The first kappa shape index (κ1) is 19.4. The highest BCUT2D eigenvalue weighted by atomic mass is 35.5. The van der Waals surface area contributed by atoms with E-state index in [1.807, 2.05) is 31.2 Å². The average molecular weight is 415 g/mol. The van der Waals surface area contributed by atoms with Gasteiger partial charge in [-0.2, -0.15) is 5.26 Å². The molecule has 7 heteroatoms. The second kappa shape index (κ2) is 7.82. The lowest BCUT2D eigenvalue weighted by molar-refractivity contribution is 0.511. The molecule has 6 nitrogen and oxygen atoms in total. The van der Waals surface area contributed by atoms with Crippen LogP contribution in [0.2, 0.25) is 5.02 Å². The summed E-state index contributed by atoms with van der Waals surface area (Å²) in [6, 6.07) is 17.4. The smallest absolute Gasteiger partial charge is 0.266 e. The quantitative estimate of drug-likeness (QED) is 0.492. The minimum atomic E-state index is -0.322. The molecule has 0 saturated heterocycles. The zero-order chi connectivity index (χ0) is 21.3. The zero-order valence-electron chi connectivity index (χ0n) is 15.9. The minimum absolute atomic E-state index is 0.113. The molecule has 0 spiro atoms. The maximum atomic E-state index is 13.4. The number of nitrogens with zero attached hydrogens (tertiary/aromatic N) is 4. The molecule has 4 rings (SSSR count). The van der Waals surface area contributed by atoms with Crippen LogP contribution in [-0.2, 0) is 0 Å². The molecule has 0 aliphatic carbocycles. The van der Waals surface area contributed by atoms with E-state index in [0.717, 1.165) is 5.56 Å². The van der Waals surface area contributed by atoms with Crippen LogP contribution in [0.15, 0.2) is 65.6 Å². The molecule has 2 aromatic heterocycles. The van der Waals surface area contributed by atoms with Gasteiger partial charge in [0.1, 0.15) is 23.3 Å². The molecule has 0 radical (unpaired) electrons. The average Bonchev–Trinajstić information content (AvgIpc) is 2.75. The van der Waals surface area contributed by atoms with Crippen LogP contribution in [0.4, 0.5) is 0 Å². The normalized spacial score (nSPS) is 11.4. The van der Waals surface area contributed by atoms with Gasteiger partial charge in [0.15, 0.2) is 0 Å². The van der Waals surface area contributed by atoms with E-state index < -0.39 is 0 Å². The fourth-order valence-corrected chi connectivity index (χ4v) is 3.38. The van der Waals surface area contributed by atoms with Gasteiger partial charge in [0.05, 0.1) is 22.2 Å². The van der Waals surface area contributed by atoms with E-state index in [2.05, 4.69) is 9.97 Å². The van der Waals surface area contributed by atoms with Gasteiger partial charge in [-0.15, -0.1) is 0 Å². The van der Waals surface area contributed by atoms with Crippen molar-refractivity contribution in [3.05, 3.63) is 98.8 Å². The summed E-state index contributed by atoms with van der Waals surface area (Å²) in [7, 11) is 0. The van der Waals surface area contributed by atoms with E-state index in [1.165, 1.54) is 16.8 Å². The van der Waals surface area contributed by atoms with E-state index in [0.29, 0.717) is 21.6 Å². The molecular formula is C23H15ClN4O2. The van der Waals surface area contributed by atoms with Gasteiger partial charge in [-0.1, -0.05) is 29.8 Å². The third kappa shape index (κ3) is 3.43. The number of pyridine rings is 1. The lowest BCUT2D eigenvalue weighted by Gasteiger charge is -2.14. The van der Waals surface area contributed by atoms with E-state index in [4.69, 9.17) is 11.6 Å². The highest BCUT2D eigenvalue weighted by Crippen LogP contribution is 2.22. The Kier molecular flexibility index (Phi) is 5.05. The number of para-hydroxylation sites is 1. The van der Waals surface area contributed by atoms with Crippen LogP contribution < -0.4 is 5.56 Å². The molecule has 0 aliphatic heterocycles.